The molecule has 1 aromatic heterocycles. The summed E-state index contributed by atoms with van der Waals surface area (Å²) in [4.78, 5) is 6.03. The summed E-state index contributed by atoms with van der Waals surface area (Å²) in [6, 6.07) is 8.81. The van der Waals surface area contributed by atoms with Crippen molar-refractivity contribution in [2.24, 2.45) is 0 Å². The first-order valence-electron chi connectivity index (χ1n) is 7.02. The third-order valence-corrected chi connectivity index (χ3v) is 4.92. The van der Waals surface area contributed by atoms with Gasteiger partial charge in [0, 0.05) is 23.4 Å². The topological polar surface area (TPSA) is 24.9 Å². The summed E-state index contributed by atoms with van der Waals surface area (Å²) in [6.45, 7) is 4.40. The van der Waals surface area contributed by atoms with Gasteiger partial charge in [0.15, 0.2) is 0 Å². The van der Waals surface area contributed by atoms with Gasteiger partial charge in [-0.2, -0.15) is 0 Å². The Balaban J connectivity index is 1.68. The highest BCUT2D eigenvalue weighted by atomic mass is 32.1. The van der Waals surface area contributed by atoms with E-state index in [4.69, 9.17) is 0 Å². The molecule has 0 amide bonds. The number of piperidine rings is 1. The molecular formula is C16H20N2S. The molecule has 1 N–H and O–H groups in total. The first-order valence-corrected chi connectivity index (χ1v) is 7.84. The molecule has 2 aromatic rings. The van der Waals surface area contributed by atoms with Crippen LogP contribution in [0.15, 0.2) is 30.5 Å². The molecule has 19 heavy (non-hydrogen) atoms. The van der Waals surface area contributed by atoms with Crippen LogP contribution in [0.5, 0.6) is 0 Å². The molecule has 1 aliphatic heterocycles. The minimum Gasteiger partial charge on any atom is -0.317 e. The molecule has 1 saturated heterocycles. The molecule has 3 rings (SSSR count). The first kappa shape index (κ1) is 12.8. The van der Waals surface area contributed by atoms with E-state index >= 15 is 0 Å². The van der Waals surface area contributed by atoms with E-state index < -0.39 is 0 Å². The Morgan fingerprint density at radius 1 is 1.21 bits per heavy atom. The van der Waals surface area contributed by atoms with E-state index in [0.29, 0.717) is 5.92 Å². The van der Waals surface area contributed by atoms with E-state index in [0.717, 1.165) is 19.5 Å². The van der Waals surface area contributed by atoms with Gasteiger partial charge in [0.05, 0.1) is 5.01 Å². The molecule has 0 atom stereocenters. The van der Waals surface area contributed by atoms with Gasteiger partial charge in [0.2, 0.25) is 0 Å². The highest BCUT2D eigenvalue weighted by Gasteiger charge is 2.18. The summed E-state index contributed by atoms with van der Waals surface area (Å²) in [6.07, 6.45) is 5.56. The number of thiazole rings is 1. The number of hydrogen-bond acceptors (Lipinski definition) is 3. The Kier molecular flexibility index (Phi) is 3.95. The van der Waals surface area contributed by atoms with E-state index in [-0.39, 0.29) is 0 Å². The van der Waals surface area contributed by atoms with Gasteiger partial charge in [-0.1, -0.05) is 29.8 Å². The van der Waals surface area contributed by atoms with Crippen LogP contribution in [0.1, 0.15) is 39.8 Å². The van der Waals surface area contributed by atoms with E-state index in [2.05, 4.69) is 47.7 Å². The Bertz CT molecular complexity index is 524. The molecule has 0 saturated carbocycles. The number of nitrogens with one attached hydrogen (secondary N) is 1. The summed E-state index contributed by atoms with van der Waals surface area (Å²) >= 11 is 1.90. The second-order valence-corrected chi connectivity index (χ2v) is 6.50. The molecule has 1 fully saturated rings. The minimum atomic E-state index is 0.679. The van der Waals surface area contributed by atoms with Crippen LogP contribution < -0.4 is 5.32 Å². The smallest absolute Gasteiger partial charge is 0.0959 e. The monoisotopic (exact) mass is 272 g/mol. The van der Waals surface area contributed by atoms with E-state index in [9.17, 15) is 0 Å². The maximum absolute atomic E-state index is 4.64. The summed E-state index contributed by atoms with van der Waals surface area (Å²) in [5.41, 5.74) is 2.70. The van der Waals surface area contributed by atoms with Crippen LogP contribution in [0.3, 0.4) is 0 Å². The van der Waals surface area contributed by atoms with Crippen LogP contribution in [-0.4, -0.2) is 18.1 Å². The lowest BCUT2D eigenvalue weighted by atomic mass is 9.99. The zero-order valence-corrected chi connectivity index (χ0v) is 12.2. The quantitative estimate of drug-likeness (QED) is 0.925. The van der Waals surface area contributed by atoms with Crippen molar-refractivity contribution in [1.82, 2.24) is 10.3 Å². The predicted octanol–water partition coefficient (Wildman–Crippen LogP) is 3.51. The number of hydrogen-bond donors (Lipinski definition) is 1. The van der Waals surface area contributed by atoms with Gasteiger partial charge in [0.1, 0.15) is 0 Å². The molecule has 1 aliphatic rings. The van der Waals surface area contributed by atoms with E-state index in [1.807, 2.05) is 11.3 Å². The molecule has 3 heteroatoms. The summed E-state index contributed by atoms with van der Waals surface area (Å²) in [7, 11) is 0. The standard InChI is InChI=1S/C16H20N2S/c1-12-2-4-13(5-3-12)10-15-11-18-16(19-15)14-6-8-17-9-7-14/h2-5,11,14,17H,6-10H2,1H3. The number of aromatic nitrogens is 1. The van der Waals surface area contributed by atoms with Crippen LogP contribution in [-0.2, 0) is 6.42 Å². The number of benzene rings is 1. The average Bonchev–Trinajstić information content (AvgIpc) is 2.91. The van der Waals surface area contributed by atoms with E-state index in [1.165, 1.54) is 33.9 Å². The van der Waals surface area contributed by atoms with Crippen molar-refractivity contribution in [3.63, 3.8) is 0 Å². The maximum Gasteiger partial charge on any atom is 0.0959 e. The Hall–Kier alpha value is -1.19. The lowest BCUT2D eigenvalue weighted by Crippen LogP contribution is -2.26. The summed E-state index contributed by atoms with van der Waals surface area (Å²) in [5.74, 6) is 0.679. The first-order chi connectivity index (χ1) is 9.31. The average molecular weight is 272 g/mol. The molecule has 2 nitrogen and oxygen atoms in total. The normalized spacial score (nSPS) is 16.7. The van der Waals surface area contributed by atoms with Crippen LogP contribution >= 0.6 is 11.3 Å². The third kappa shape index (κ3) is 3.23. The van der Waals surface area contributed by atoms with Gasteiger partial charge in [0.25, 0.3) is 0 Å². The molecule has 0 radical (unpaired) electrons. The Morgan fingerprint density at radius 2 is 1.95 bits per heavy atom. The van der Waals surface area contributed by atoms with Crippen LogP contribution in [0, 0.1) is 6.92 Å². The van der Waals surface area contributed by atoms with Gasteiger partial charge in [-0.3, -0.25) is 0 Å². The largest absolute Gasteiger partial charge is 0.317 e. The fourth-order valence-electron chi connectivity index (χ4n) is 2.57. The predicted molar refractivity (Wildman–Crippen MR) is 80.9 cm³/mol. The van der Waals surface area contributed by atoms with Crippen LogP contribution in [0.2, 0.25) is 0 Å². The summed E-state index contributed by atoms with van der Waals surface area (Å²) in [5, 5.41) is 4.75. The Morgan fingerprint density at radius 3 is 2.68 bits per heavy atom. The van der Waals surface area contributed by atoms with Crippen molar-refractivity contribution in [2.75, 3.05) is 13.1 Å². The lowest BCUT2D eigenvalue weighted by Gasteiger charge is -2.20. The number of rotatable bonds is 3. The highest BCUT2D eigenvalue weighted by molar-refractivity contribution is 7.11. The van der Waals surface area contributed by atoms with Crippen LogP contribution in [0.25, 0.3) is 0 Å². The Labute approximate surface area is 118 Å². The number of aryl methyl sites for hydroxylation is 1. The van der Waals surface area contributed by atoms with Crippen molar-refractivity contribution in [1.29, 1.82) is 0 Å². The molecule has 0 bridgehead atoms. The molecule has 1 aromatic carbocycles. The number of nitrogens with zero attached hydrogens (tertiary/aromatic N) is 1. The second kappa shape index (κ2) is 5.85. The summed E-state index contributed by atoms with van der Waals surface area (Å²) < 4.78 is 0. The van der Waals surface area contributed by atoms with Crippen molar-refractivity contribution < 1.29 is 0 Å². The zero-order valence-electron chi connectivity index (χ0n) is 11.4. The minimum absolute atomic E-state index is 0.679. The fourth-order valence-corrected chi connectivity index (χ4v) is 3.69. The van der Waals surface area contributed by atoms with Crippen LogP contribution in [0.4, 0.5) is 0 Å². The third-order valence-electron chi connectivity index (χ3n) is 3.76. The van der Waals surface area contributed by atoms with Gasteiger partial charge in [-0.15, -0.1) is 11.3 Å². The fraction of sp³-hybridized carbons (Fsp3) is 0.438. The second-order valence-electron chi connectivity index (χ2n) is 5.35. The van der Waals surface area contributed by atoms with Gasteiger partial charge in [-0.25, -0.2) is 4.98 Å². The van der Waals surface area contributed by atoms with Gasteiger partial charge >= 0.3 is 0 Å². The zero-order chi connectivity index (χ0) is 13.1. The molecule has 0 aliphatic carbocycles. The molecule has 0 unspecified atom stereocenters. The lowest BCUT2D eigenvalue weighted by molar-refractivity contribution is 0.459. The molecular weight excluding hydrogens is 252 g/mol. The van der Waals surface area contributed by atoms with Crippen molar-refractivity contribution in [3.05, 3.63) is 51.5 Å². The van der Waals surface area contributed by atoms with Gasteiger partial charge in [-0.05, 0) is 38.4 Å². The van der Waals surface area contributed by atoms with Crippen molar-refractivity contribution in [2.45, 2.75) is 32.1 Å². The van der Waals surface area contributed by atoms with Crippen molar-refractivity contribution in [3.8, 4) is 0 Å². The molecule has 0 spiro atoms. The molecule has 100 valence electrons. The SMILES string of the molecule is Cc1ccc(Cc2cnc(C3CCNCC3)s2)cc1. The van der Waals surface area contributed by atoms with E-state index in [1.54, 1.807) is 0 Å². The molecule has 2 heterocycles. The highest BCUT2D eigenvalue weighted by Crippen LogP contribution is 2.29. The van der Waals surface area contributed by atoms with Gasteiger partial charge < -0.3 is 5.32 Å². The van der Waals surface area contributed by atoms with Crippen molar-refractivity contribution >= 4 is 11.3 Å². The maximum atomic E-state index is 4.64.